The van der Waals surface area contributed by atoms with E-state index in [0.717, 1.165) is 37.7 Å². The van der Waals surface area contributed by atoms with Gasteiger partial charge < -0.3 is 0 Å². The molecule has 2 aliphatic rings. The lowest BCUT2D eigenvalue weighted by Crippen LogP contribution is -2.25. The van der Waals surface area contributed by atoms with E-state index in [1.54, 1.807) is 0 Å². The normalized spacial score (nSPS) is 31.8. The van der Waals surface area contributed by atoms with Crippen LogP contribution in [-0.4, -0.2) is 0 Å². The lowest BCUT2D eigenvalue weighted by atomic mass is 9.68. The average molecular weight is 322 g/mol. The van der Waals surface area contributed by atoms with Gasteiger partial charge in [-0.05, 0) is 86.7 Å². The summed E-state index contributed by atoms with van der Waals surface area (Å²) in [5.41, 5.74) is 0.359. The average Bonchev–Trinajstić information content (AvgIpc) is 2.60. The molecule has 3 rings (SSSR count). The van der Waals surface area contributed by atoms with Gasteiger partial charge in [0.1, 0.15) is 0 Å². The van der Waals surface area contributed by atoms with Crippen molar-refractivity contribution in [2.45, 2.75) is 57.3 Å². The fourth-order valence-corrected chi connectivity index (χ4v) is 4.61. The molecule has 0 aromatic heterocycles. The van der Waals surface area contributed by atoms with Gasteiger partial charge in [-0.25, -0.2) is 13.2 Å². The van der Waals surface area contributed by atoms with Gasteiger partial charge in [0.05, 0.1) is 0 Å². The first-order valence-corrected chi connectivity index (χ1v) is 8.86. The third kappa shape index (κ3) is 3.49. The quantitative estimate of drug-likeness (QED) is 0.448. The largest absolute Gasteiger partial charge is 0.204 e. The summed E-state index contributed by atoms with van der Waals surface area (Å²) in [5.74, 6) is -1.21. The zero-order valence-electron chi connectivity index (χ0n) is 13.5. The van der Waals surface area contributed by atoms with E-state index < -0.39 is 17.5 Å². The SMILES string of the molecule is C=CC1CCC(C2CCC(c3ccc(F)c(F)c3F)CC2)CC1. The highest BCUT2D eigenvalue weighted by Gasteiger charge is 2.32. The first-order chi connectivity index (χ1) is 11.1. The second kappa shape index (κ2) is 7.11. The number of hydrogen-bond acceptors (Lipinski definition) is 0. The molecule has 0 radical (unpaired) electrons. The summed E-state index contributed by atoms with van der Waals surface area (Å²) in [6, 6.07) is 2.48. The molecular weight excluding hydrogens is 297 g/mol. The fraction of sp³-hybridized carbons (Fsp3) is 0.600. The molecule has 23 heavy (non-hydrogen) atoms. The van der Waals surface area contributed by atoms with Crippen LogP contribution in [0.1, 0.15) is 62.8 Å². The van der Waals surface area contributed by atoms with Crippen LogP contribution in [0.3, 0.4) is 0 Å². The van der Waals surface area contributed by atoms with E-state index in [4.69, 9.17) is 0 Å². The first kappa shape index (κ1) is 16.6. The Bertz CT molecular complexity index is 550. The molecule has 2 saturated carbocycles. The molecule has 0 saturated heterocycles. The summed E-state index contributed by atoms with van der Waals surface area (Å²) < 4.78 is 40.5. The molecule has 2 aliphatic carbocycles. The Hall–Kier alpha value is -1.25. The van der Waals surface area contributed by atoms with Gasteiger partial charge in [0.25, 0.3) is 0 Å². The van der Waals surface area contributed by atoms with E-state index in [1.165, 1.54) is 31.7 Å². The van der Waals surface area contributed by atoms with Gasteiger partial charge in [0, 0.05) is 0 Å². The highest BCUT2D eigenvalue weighted by molar-refractivity contribution is 5.24. The Kier molecular flexibility index (Phi) is 5.13. The second-order valence-corrected chi connectivity index (χ2v) is 7.29. The Morgan fingerprint density at radius 1 is 0.783 bits per heavy atom. The molecular formula is C20H25F3. The maximum Gasteiger partial charge on any atom is 0.194 e. The summed E-state index contributed by atoms with van der Waals surface area (Å²) in [6.07, 6.45) is 11.0. The highest BCUT2D eigenvalue weighted by atomic mass is 19.2. The number of benzene rings is 1. The topological polar surface area (TPSA) is 0 Å². The minimum Gasteiger partial charge on any atom is -0.204 e. The van der Waals surface area contributed by atoms with Gasteiger partial charge in [-0.3, -0.25) is 0 Å². The van der Waals surface area contributed by atoms with Crippen LogP contribution in [0.4, 0.5) is 13.2 Å². The van der Waals surface area contributed by atoms with Crippen LogP contribution in [0.2, 0.25) is 0 Å². The molecule has 0 heterocycles. The van der Waals surface area contributed by atoms with Crippen molar-refractivity contribution in [2.75, 3.05) is 0 Å². The van der Waals surface area contributed by atoms with Gasteiger partial charge in [0.2, 0.25) is 0 Å². The van der Waals surface area contributed by atoms with E-state index in [9.17, 15) is 13.2 Å². The maximum atomic E-state index is 14.0. The molecule has 2 fully saturated rings. The van der Waals surface area contributed by atoms with E-state index in [0.29, 0.717) is 17.4 Å². The third-order valence-corrected chi connectivity index (χ3v) is 6.09. The van der Waals surface area contributed by atoms with Crippen LogP contribution in [0, 0.1) is 35.2 Å². The smallest absolute Gasteiger partial charge is 0.194 e. The molecule has 0 spiro atoms. The monoisotopic (exact) mass is 322 g/mol. The number of halogens is 3. The Balaban J connectivity index is 1.59. The van der Waals surface area contributed by atoms with Crippen LogP contribution in [0.5, 0.6) is 0 Å². The van der Waals surface area contributed by atoms with Crippen molar-refractivity contribution >= 4 is 0 Å². The van der Waals surface area contributed by atoms with Crippen molar-refractivity contribution in [2.24, 2.45) is 17.8 Å². The molecule has 0 bridgehead atoms. The summed E-state index contributed by atoms with van der Waals surface area (Å²) >= 11 is 0. The fourth-order valence-electron chi connectivity index (χ4n) is 4.61. The summed E-state index contributed by atoms with van der Waals surface area (Å²) in [4.78, 5) is 0. The Morgan fingerprint density at radius 2 is 1.35 bits per heavy atom. The molecule has 0 atom stereocenters. The Labute approximate surface area is 136 Å². The number of hydrogen-bond donors (Lipinski definition) is 0. The predicted molar refractivity (Wildman–Crippen MR) is 86.7 cm³/mol. The van der Waals surface area contributed by atoms with Crippen molar-refractivity contribution in [1.82, 2.24) is 0 Å². The summed E-state index contributed by atoms with van der Waals surface area (Å²) in [5, 5.41) is 0. The molecule has 3 heteroatoms. The van der Waals surface area contributed by atoms with Crippen molar-refractivity contribution in [3.8, 4) is 0 Å². The van der Waals surface area contributed by atoms with Crippen LogP contribution in [0.15, 0.2) is 24.8 Å². The van der Waals surface area contributed by atoms with Crippen LogP contribution in [-0.2, 0) is 0 Å². The van der Waals surface area contributed by atoms with Crippen molar-refractivity contribution in [3.63, 3.8) is 0 Å². The molecule has 1 aromatic rings. The first-order valence-electron chi connectivity index (χ1n) is 8.86. The van der Waals surface area contributed by atoms with Gasteiger partial charge in [-0.15, -0.1) is 6.58 Å². The zero-order valence-corrected chi connectivity index (χ0v) is 13.5. The van der Waals surface area contributed by atoms with Gasteiger partial charge >= 0.3 is 0 Å². The minimum absolute atomic E-state index is 0.0332. The van der Waals surface area contributed by atoms with Gasteiger partial charge in [-0.1, -0.05) is 12.1 Å². The number of allylic oxidation sites excluding steroid dienone is 1. The van der Waals surface area contributed by atoms with E-state index in [1.807, 2.05) is 0 Å². The molecule has 0 unspecified atom stereocenters. The van der Waals surface area contributed by atoms with E-state index in [-0.39, 0.29) is 5.92 Å². The number of rotatable bonds is 3. The Morgan fingerprint density at radius 3 is 1.91 bits per heavy atom. The van der Waals surface area contributed by atoms with Crippen molar-refractivity contribution in [3.05, 3.63) is 47.8 Å². The molecule has 0 nitrogen and oxygen atoms in total. The molecule has 0 aliphatic heterocycles. The van der Waals surface area contributed by atoms with Gasteiger partial charge in [0.15, 0.2) is 17.5 Å². The zero-order chi connectivity index (χ0) is 16.4. The predicted octanol–water partition coefficient (Wildman–Crippen LogP) is 6.37. The van der Waals surface area contributed by atoms with Crippen LogP contribution < -0.4 is 0 Å². The van der Waals surface area contributed by atoms with Crippen molar-refractivity contribution in [1.29, 1.82) is 0 Å². The maximum absolute atomic E-state index is 14.0. The third-order valence-electron chi connectivity index (χ3n) is 6.09. The van der Waals surface area contributed by atoms with Crippen molar-refractivity contribution < 1.29 is 13.2 Å². The molecule has 0 amide bonds. The molecule has 126 valence electrons. The standard InChI is InChI=1S/C20H25F3/c1-2-13-3-5-14(6-4-13)15-7-9-16(10-8-15)17-11-12-18(21)20(23)19(17)22/h2,11-16H,1,3-10H2. The van der Waals surface area contributed by atoms with Gasteiger partial charge in [-0.2, -0.15) is 0 Å². The molecule has 0 N–H and O–H groups in total. The second-order valence-electron chi connectivity index (χ2n) is 7.29. The summed E-state index contributed by atoms with van der Waals surface area (Å²) in [6.45, 7) is 3.89. The highest BCUT2D eigenvalue weighted by Crippen LogP contribution is 2.44. The van der Waals surface area contributed by atoms with E-state index in [2.05, 4.69) is 12.7 Å². The van der Waals surface area contributed by atoms with Crippen LogP contribution >= 0.6 is 0 Å². The van der Waals surface area contributed by atoms with E-state index >= 15 is 0 Å². The molecule has 1 aromatic carbocycles. The summed E-state index contributed by atoms with van der Waals surface area (Å²) in [7, 11) is 0. The van der Waals surface area contributed by atoms with Crippen LogP contribution in [0.25, 0.3) is 0 Å². The lowest BCUT2D eigenvalue weighted by molar-refractivity contribution is 0.170. The minimum atomic E-state index is -1.33. The lowest BCUT2D eigenvalue weighted by Gasteiger charge is -2.37.